The van der Waals surface area contributed by atoms with Gasteiger partial charge >= 0.3 is 5.97 Å². The molecule has 0 aromatic heterocycles. The molecule has 0 aliphatic carbocycles. The maximum atomic E-state index is 11.6. The predicted octanol–water partition coefficient (Wildman–Crippen LogP) is 3.71. The van der Waals surface area contributed by atoms with Crippen LogP contribution < -0.4 is 0 Å². The van der Waals surface area contributed by atoms with E-state index in [0.29, 0.717) is 6.42 Å². The Bertz CT molecular complexity index is 573. The van der Waals surface area contributed by atoms with Crippen LogP contribution in [0.15, 0.2) is 48.5 Å². The molecule has 0 aliphatic rings. The van der Waals surface area contributed by atoms with E-state index in [1.165, 1.54) is 0 Å². The van der Waals surface area contributed by atoms with Crippen LogP contribution in [0.4, 0.5) is 0 Å². The molecule has 0 bridgehead atoms. The van der Waals surface area contributed by atoms with Gasteiger partial charge in [0.1, 0.15) is 0 Å². The highest BCUT2D eigenvalue weighted by Crippen LogP contribution is 2.25. The number of hydrogen-bond acceptors (Lipinski definition) is 1. The Labute approximate surface area is 113 Å². The number of carboxylic acids is 1. The number of rotatable bonds is 4. The summed E-state index contributed by atoms with van der Waals surface area (Å²) in [4.78, 5) is 11.6. The van der Waals surface area contributed by atoms with Crippen LogP contribution in [0.5, 0.6) is 0 Å². The van der Waals surface area contributed by atoms with Gasteiger partial charge in [-0.15, -0.1) is 0 Å². The average molecular weight is 254 g/mol. The Morgan fingerprint density at radius 2 is 1.79 bits per heavy atom. The summed E-state index contributed by atoms with van der Waals surface area (Å²) in [7, 11) is 0. The van der Waals surface area contributed by atoms with Gasteiger partial charge in [-0.25, -0.2) is 0 Å². The lowest BCUT2D eigenvalue weighted by Crippen LogP contribution is -2.15. The molecule has 2 rings (SSSR count). The molecule has 0 heterocycles. The van der Waals surface area contributed by atoms with Crippen LogP contribution in [0, 0.1) is 13.8 Å². The summed E-state index contributed by atoms with van der Waals surface area (Å²) in [6.07, 6.45) is 0.528. The minimum Gasteiger partial charge on any atom is -0.481 e. The third kappa shape index (κ3) is 3.22. The molecule has 0 spiro atoms. The van der Waals surface area contributed by atoms with Crippen molar-refractivity contribution in [2.45, 2.75) is 26.2 Å². The second-order valence-corrected chi connectivity index (χ2v) is 4.94. The van der Waals surface area contributed by atoms with Crippen molar-refractivity contribution in [1.82, 2.24) is 0 Å². The van der Waals surface area contributed by atoms with Crippen LogP contribution in [-0.4, -0.2) is 11.1 Å². The van der Waals surface area contributed by atoms with E-state index in [1.807, 2.05) is 62.4 Å². The first-order valence-corrected chi connectivity index (χ1v) is 6.42. The fourth-order valence-corrected chi connectivity index (χ4v) is 2.32. The lowest BCUT2D eigenvalue weighted by Gasteiger charge is -2.16. The first-order chi connectivity index (χ1) is 9.08. The van der Waals surface area contributed by atoms with Crippen LogP contribution in [0.25, 0.3) is 0 Å². The second kappa shape index (κ2) is 5.70. The van der Waals surface area contributed by atoms with Crippen molar-refractivity contribution < 1.29 is 9.90 Å². The molecule has 0 saturated heterocycles. The smallest absolute Gasteiger partial charge is 0.311 e. The summed E-state index contributed by atoms with van der Waals surface area (Å²) < 4.78 is 0. The van der Waals surface area contributed by atoms with Crippen molar-refractivity contribution in [3.63, 3.8) is 0 Å². The highest BCUT2D eigenvalue weighted by Gasteiger charge is 2.22. The molecule has 98 valence electrons. The molecule has 1 atom stereocenters. The van der Waals surface area contributed by atoms with Crippen LogP contribution in [0.1, 0.15) is 28.2 Å². The van der Waals surface area contributed by atoms with E-state index in [-0.39, 0.29) is 0 Å². The molecular formula is C17H18O2. The molecule has 0 radical (unpaired) electrons. The fraction of sp³-hybridized carbons (Fsp3) is 0.235. The summed E-state index contributed by atoms with van der Waals surface area (Å²) >= 11 is 0. The predicted molar refractivity (Wildman–Crippen MR) is 76.4 cm³/mol. The van der Waals surface area contributed by atoms with Crippen molar-refractivity contribution in [3.8, 4) is 0 Å². The van der Waals surface area contributed by atoms with E-state index in [1.54, 1.807) is 0 Å². The van der Waals surface area contributed by atoms with Gasteiger partial charge in [0.15, 0.2) is 0 Å². The third-order valence-corrected chi connectivity index (χ3v) is 3.39. The van der Waals surface area contributed by atoms with Crippen molar-refractivity contribution in [2.24, 2.45) is 0 Å². The summed E-state index contributed by atoms with van der Waals surface area (Å²) in [5.41, 5.74) is 4.10. The van der Waals surface area contributed by atoms with Gasteiger partial charge in [0.2, 0.25) is 0 Å². The van der Waals surface area contributed by atoms with Gasteiger partial charge in [-0.05, 0) is 37.0 Å². The summed E-state index contributed by atoms with van der Waals surface area (Å²) in [5.74, 6) is -1.25. The lowest BCUT2D eigenvalue weighted by molar-refractivity contribution is -0.138. The number of carbonyl (C=O) groups is 1. The van der Waals surface area contributed by atoms with E-state index in [9.17, 15) is 9.90 Å². The summed E-state index contributed by atoms with van der Waals surface area (Å²) in [6, 6.07) is 15.8. The van der Waals surface area contributed by atoms with Crippen LogP contribution >= 0.6 is 0 Å². The largest absolute Gasteiger partial charge is 0.481 e. The third-order valence-electron chi connectivity index (χ3n) is 3.39. The molecule has 2 nitrogen and oxygen atoms in total. The van der Waals surface area contributed by atoms with Gasteiger partial charge < -0.3 is 5.11 Å². The molecule has 0 amide bonds. The minimum atomic E-state index is -0.766. The fourth-order valence-electron chi connectivity index (χ4n) is 2.32. The first kappa shape index (κ1) is 13.3. The molecule has 2 heteroatoms. The van der Waals surface area contributed by atoms with Gasteiger partial charge in [-0.1, -0.05) is 54.1 Å². The number of carboxylic acid groups (broad SMARTS) is 1. The molecule has 1 N–H and O–H groups in total. The quantitative estimate of drug-likeness (QED) is 0.903. The maximum absolute atomic E-state index is 11.6. The zero-order valence-electron chi connectivity index (χ0n) is 11.3. The highest BCUT2D eigenvalue weighted by atomic mass is 16.4. The Balaban J connectivity index is 2.35. The number of aryl methyl sites for hydroxylation is 2. The Morgan fingerprint density at radius 1 is 1.11 bits per heavy atom. The van der Waals surface area contributed by atoms with Crippen molar-refractivity contribution in [2.75, 3.05) is 0 Å². The van der Waals surface area contributed by atoms with Gasteiger partial charge in [0.25, 0.3) is 0 Å². The molecular weight excluding hydrogens is 236 g/mol. The van der Waals surface area contributed by atoms with E-state index >= 15 is 0 Å². The lowest BCUT2D eigenvalue weighted by atomic mass is 9.88. The van der Waals surface area contributed by atoms with E-state index < -0.39 is 11.9 Å². The van der Waals surface area contributed by atoms with Gasteiger partial charge in [0, 0.05) is 0 Å². The van der Waals surface area contributed by atoms with E-state index in [4.69, 9.17) is 0 Å². The van der Waals surface area contributed by atoms with E-state index in [2.05, 4.69) is 0 Å². The molecule has 0 fully saturated rings. The van der Waals surface area contributed by atoms with Gasteiger partial charge in [-0.2, -0.15) is 0 Å². The van der Waals surface area contributed by atoms with E-state index in [0.717, 1.165) is 22.3 Å². The average Bonchev–Trinajstić information content (AvgIpc) is 2.40. The summed E-state index contributed by atoms with van der Waals surface area (Å²) in [6.45, 7) is 3.96. The van der Waals surface area contributed by atoms with Crippen molar-refractivity contribution >= 4 is 5.97 Å². The molecule has 1 unspecified atom stereocenters. The molecule has 0 saturated carbocycles. The Kier molecular flexibility index (Phi) is 4.00. The topological polar surface area (TPSA) is 37.3 Å². The summed E-state index contributed by atoms with van der Waals surface area (Å²) in [5, 5.41) is 9.50. The standard InChI is InChI=1S/C17H18O2/c1-12-8-9-13(2)15(10-12)16(17(18)19)11-14-6-4-3-5-7-14/h3-10,16H,11H2,1-2H3,(H,18,19). The number of aliphatic carboxylic acids is 1. The first-order valence-electron chi connectivity index (χ1n) is 6.42. The van der Waals surface area contributed by atoms with Gasteiger partial charge in [0.05, 0.1) is 5.92 Å². The normalized spacial score (nSPS) is 12.1. The Morgan fingerprint density at radius 3 is 2.42 bits per heavy atom. The van der Waals surface area contributed by atoms with Gasteiger partial charge in [-0.3, -0.25) is 4.79 Å². The maximum Gasteiger partial charge on any atom is 0.311 e. The monoisotopic (exact) mass is 254 g/mol. The van der Waals surface area contributed by atoms with Crippen molar-refractivity contribution in [1.29, 1.82) is 0 Å². The van der Waals surface area contributed by atoms with Crippen LogP contribution in [0.2, 0.25) is 0 Å². The minimum absolute atomic E-state index is 0.484. The number of hydrogen-bond donors (Lipinski definition) is 1. The second-order valence-electron chi connectivity index (χ2n) is 4.94. The zero-order valence-corrected chi connectivity index (χ0v) is 11.3. The molecule has 0 aliphatic heterocycles. The number of benzene rings is 2. The van der Waals surface area contributed by atoms with Crippen molar-refractivity contribution in [3.05, 3.63) is 70.8 Å². The zero-order chi connectivity index (χ0) is 13.8. The molecule has 2 aromatic carbocycles. The SMILES string of the molecule is Cc1ccc(C)c(C(Cc2ccccc2)C(=O)O)c1. The van der Waals surface area contributed by atoms with Crippen LogP contribution in [0.3, 0.4) is 0 Å². The molecule has 19 heavy (non-hydrogen) atoms. The Hall–Kier alpha value is -2.09. The molecule has 2 aromatic rings. The van der Waals surface area contributed by atoms with Crippen LogP contribution in [-0.2, 0) is 11.2 Å². The highest BCUT2D eigenvalue weighted by molar-refractivity contribution is 5.77.